The average Bonchev–Trinajstić information content (AvgIpc) is 2.56. The molecule has 0 aliphatic heterocycles. The quantitative estimate of drug-likeness (QED) is 0.456. The van der Waals surface area contributed by atoms with E-state index in [-0.39, 0.29) is 10.6 Å². The molecule has 0 saturated carbocycles. The van der Waals surface area contributed by atoms with Gasteiger partial charge in [-0.1, -0.05) is 66.2 Å². The van der Waals surface area contributed by atoms with Crippen LogP contribution in [0.3, 0.4) is 0 Å². The predicted molar refractivity (Wildman–Crippen MR) is 88.9 cm³/mol. The third kappa shape index (κ3) is 2.81. The van der Waals surface area contributed by atoms with Crippen molar-refractivity contribution in [2.24, 2.45) is 0 Å². The SMILES string of the molecule is O=[N+]([O-])c1c(Cl)ccc(-c2ccccc2-c2ccccc2)c1F. The van der Waals surface area contributed by atoms with Gasteiger partial charge in [-0.05, 0) is 28.8 Å². The maximum absolute atomic E-state index is 14.6. The number of halogens is 2. The van der Waals surface area contributed by atoms with E-state index in [4.69, 9.17) is 11.6 Å². The molecule has 0 saturated heterocycles. The fraction of sp³-hybridized carbons (Fsp3) is 0. The Bertz CT molecular complexity index is 881. The van der Waals surface area contributed by atoms with Gasteiger partial charge in [-0.25, -0.2) is 0 Å². The van der Waals surface area contributed by atoms with Crippen molar-refractivity contribution in [2.45, 2.75) is 0 Å². The summed E-state index contributed by atoms with van der Waals surface area (Å²) >= 11 is 5.76. The van der Waals surface area contributed by atoms with Gasteiger partial charge in [-0.2, -0.15) is 4.39 Å². The van der Waals surface area contributed by atoms with Crippen LogP contribution in [0.15, 0.2) is 66.7 Å². The molecule has 0 aromatic heterocycles. The van der Waals surface area contributed by atoms with Crippen molar-refractivity contribution in [2.75, 3.05) is 0 Å². The zero-order valence-electron chi connectivity index (χ0n) is 11.9. The lowest BCUT2D eigenvalue weighted by atomic mass is 9.94. The second kappa shape index (κ2) is 6.18. The Morgan fingerprint density at radius 2 is 1.43 bits per heavy atom. The number of nitro groups is 1. The molecule has 0 spiro atoms. The Hall–Kier alpha value is -2.72. The van der Waals surface area contributed by atoms with Gasteiger partial charge in [0.1, 0.15) is 5.02 Å². The summed E-state index contributed by atoms with van der Waals surface area (Å²) in [5.41, 5.74) is 1.73. The zero-order chi connectivity index (χ0) is 16.4. The summed E-state index contributed by atoms with van der Waals surface area (Å²) in [6.07, 6.45) is 0. The fourth-order valence-electron chi connectivity index (χ4n) is 2.50. The monoisotopic (exact) mass is 327 g/mol. The van der Waals surface area contributed by atoms with Crippen LogP contribution in [-0.2, 0) is 0 Å². The highest BCUT2D eigenvalue weighted by atomic mass is 35.5. The predicted octanol–water partition coefficient (Wildman–Crippen LogP) is 5.72. The van der Waals surface area contributed by atoms with Crippen molar-refractivity contribution < 1.29 is 9.31 Å². The number of hydrogen-bond donors (Lipinski definition) is 0. The molecule has 0 atom stereocenters. The molecule has 0 aliphatic rings. The minimum Gasteiger partial charge on any atom is -0.258 e. The number of nitro benzene ring substituents is 1. The van der Waals surface area contributed by atoms with Crippen molar-refractivity contribution >= 4 is 17.3 Å². The molecule has 0 aliphatic carbocycles. The van der Waals surface area contributed by atoms with E-state index in [1.807, 2.05) is 42.5 Å². The molecule has 3 aromatic carbocycles. The van der Waals surface area contributed by atoms with Crippen molar-refractivity contribution in [1.29, 1.82) is 0 Å². The third-order valence-corrected chi connectivity index (χ3v) is 3.86. The Morgan fingerprint density at radius 3 is 2.09 bits per heavy atom. The van der Waals surface area contributed by atoms with E-state index < -0.39 is 16.4 Å². The van der Waals surface area contributed by atoms with Gasteiger partial charge in [0.2, 0.25) is 5.82 Å². The first-order valence-electron chi connectivity index (χ1n) is 6.87. The van der Waals surface area contributed by atoms with Crippen LogP contribution in [0.2, 0.25) is 5.02 Å². The first-order valence-corrected chi connectivity index (χ1v) is 7.24. The Labute approximate surface area is 137 Å². The van der Waals surface area contributed by atoms with Crippen molar-refractivity contribution in [3.8, 4) is 22.3 Å². The molecular formula is C18H11ClFNO2. The molecule has 114 valence electrons. The summed E-state index contributed by atoms with van der Waals surface area (Å²) in [6.45, 7) is 0. The Morgan fingerprint density at radius 1 is 0.826 bits per heavy atom. The van der Waals surface area contributed by atoms with Crippen molar-refractivity contribution in [3.63, 3.8) is 0 Å². The van der Waals surface area contributed by atoms with E-state index in [0.717, 1.165) is 11.1 Å². The molecule has 23 heavy (non-hydrogen) atoms. The highest BCUT2D eigenvalue weighted by molar-refractivity contribution is 6.32. The van der Waals surface area contributed by atoms with E-state index in [0.29, 0.717) is 5.56 Å². The summed E-state index contributed by atoms with van der Waals surface area (Å²) in [7, 11) is 0. The van der Waals surface area contributed by atoms with Crippen LogP contribution in [0.5, 0.6) is 0 Å². The normalized spacial score (nSPS) is 10.5. The van der Waals surface area contributed by atoms with Gasteiger partial charge >= 0.3 is 5.69 Å². The molecule has 0 bridgehead atoms. The van der Waals surface area contributed by atoms with Crippen LogP contribution < -0.4 is 0 Å². The summed E-state index contributed by atoms with van der Waals surface area (Å²) in [5, 5.41) is 10.8. The van der Waals surface area contributed by atoms with Crippen LogP contribution in [0.25, 0.3) is 22.3 Å². The molecule has 5 heteroatoms. The topological polar surface area (TPSA) is 43.1 Å². The van der Waals surface area contributed by atoms with Gasteiger partial charge in [0, 0.05) is 5.56 Å². The van der Waals surface area contributed by atoms with Gasteiger partial charge in [0.15, 0.2) is 0 Å². The van der Waals surface area contributed by atoms with E-state index in [2.05, 4.69) is 0 Å². The number of rotatable bonds is 3. The molecule has 0 unspecified atom stereocenters. The minimum atomic E-state index is -0.925. The molecular weight excluding hydrogens is 317 g/mol. The van der Waals surface area contributed by atoms with Crippen LogP contribution >= 0.6 is 11.6 Å². The maximum atomic E-state index is 14.6. The second-order valence-electron chi connectivity index (χ2n) is 4.93. The lowest BCUT2D eigenvalue weighted by molar-refractivity contribution is -0.387. The molecule has 0 fully saturated rings. The molecule has 0 amide bonds. The number of nitrogens with zero attached hydrogens (tertiary/aromatic N) is 1. The third-order valence-electron chi connectivity index (χ3n) is 3.55. The van der Waals surface area contributed by atoms with Crippen LogP contribution in [0.4, 0.5) is 10.1 Å². The van der Waals surface area contributed by atoms with Gasteiger partial charge in [-0.3, -0.25) is 10.1 Å². The van der Waals surface area contributed by atoms with E-state index in [1.165, 1.54) is 12.1 Å². The van der Waals surface area contributed by atoms with E-state index in [9.17, 15) is 14.5 Å². The summed E-state index contributed by atoms with van der Waals surface area (Å²) in [4.78, 5) is 10.3. The summed E-state index contributed by atoms with van der Waals surface area (Å²) in [5.74, 6) is -0.925. The molecule has 0 radical (unpaired) electrons. The van der Waals surface area contributed by atoms with Crippen molar-refractivity contribution in [3.05, 3.63) is 87.7 Å². The zero-order valence-corrected chi connectivity index (χ0v) is 12.6. The Balaban J connectivity index is 2.26. The molecule has 3 rings (SSSR count). The van der Waals surface area contributed by atoms with Gasteiger partial charge < -0.3 is 0 Å². The number of benzene rings is 3. The maximum Gasteiger partial charge on any atom is 0.323 e. The standard InChI is InChI=1S/C18H11ClFNO2/c19-16-11-10-15(17(20)18(16)21(22)23)14-9-5-4-8-13(14)12-6-2-1-3-7-12/h1-11H. The smallest absolute Gasteiger partial charge is 0.258 e. The average molecular weight is 328 g/mol. The highest BCUT2D eigenvalue weighted by Crippen LogP contribution is 2.38. The molecule has 3 aromatic rings. The summed E-state index contributed by atoms with van der Waals surface area (Å²) in [6, 6.07) is 19.5. The highest BCUT2D eigenvalue weighted by Gasteiger charge is 2.24. The van der Waals surface area contributed by atoms with Crippen LogP contribution in [0, 0.1) is 15.9 Å². The second-order valence-corrected chi connectivity index (χ2v) is 5.33. The Kier molecular flexibility index (Phi) is 4.08. The lowest BCUT2D eigenvalue weighted by Gasteiger charge is -2.11. The van der Waals surface area contributed by atoms with Crippen molar-refractivity contribution in [1.82, 2.24) is 0 Å². The number of hydrogen-bond acceptors (Lipinski definition) is 2. The van der Waals surface area contributed by atoms with Gasteiger partial charge in [0.25, 0.3) is 0 Å². The molecule has 0 heterocycles. The van der Waals surface area contributed by atoms with Gasteiger partial charge in [-0.15, -0.1) is 0 Å². The first kappa shape index (κ1) is 15.2. The van der Waals surface area contributed by atoms with Gasteiger partial charge in [0.05, 0.1) is 4.92 Å². The minimum absolute atomic E-state index is 0.153. The first-order chi connectivity index (χ1) is 11.1. The van der Waals surface area contributed by atoms with E-state index >= 15 is 0 Å². The van der Waals surface area contributed by atoms with Crippen LogP contribution in [0.1, 0.15) is 0 Å². The molecule has 3 nitrogen and oxygen atoms in total. The lowest BCUT2D eigenvalue weighted by Crippen LogP contribution is -1.97. The van der Waals surface area contributed by atoms with E-state index in [1.54, 1.807) is 12.1 Å². The van der Waals surface area contributed by atoms with Crippen LogP contribution in [-0.4, -0.2) is 4.92 Å². The summed E-state index contributed by atoms with van der Waals surface area (Å²) < 4.78 is 14.6. The largest absolute Gasteiger partial charge is 0.323 e. The molecule has 0 N–H and O–H groups in total. The fourth-order valence-corrected chi connectivity index (χ4v) is 2.72.